The number of carbonyl (C=O) groups excluding carboxylic acids is 2. The Hall–Kier alpha value is -1.99. The zero-order valence-electron chi connectivity index (χ0n) is 15.2. The van der Waals surface area contributed by atoms with Crippen LogP contribution in [-0.4, -0.2) is 48.9 Å². The molecule has 7 heteroatoms. The number of piperidine rings is 1. The van der Waals surface area contributed by atoms with Gasteiger partial charge in [0.2, 0.25) is 5.91 Å². The Morgan fingerprint density at radius 2 is 2.15 bits per heavy atom. The fourth-order valence-electron chi connectivity index (χ4n) is 3.97. The molecular weight excluding hydrogens is 365 g/mol. The van der Waals surface area contributed by atoms with Crippen molar-refractivity contribution in [1.82, 2.24) is 15.5 Å². The lowest BCUT2D eigenvalue weighted by atomic mass is 9.97. The largest absolute Gasteiger partial charge is 0.354 e. The Balaban J connectivity index is 1.36. The van der Waals surface area contributed by atoms with Crippen molar-refractivity contribution in [3.63, 3.8) is 0 Å². The summed E-state index contributed by atoms with van der Waals surface area (Å²) >= 11 is 1.41. The van der Waals surface area contributed by atoms with Gasteiger partial charge in [0.1, 0.15) is 5.82 Å². The van der Waals surface area contributed by atoms with Crippen LogP contribution >= 0.6 is 11.3 Å². The van der Waals surface area contributed by atoms with Gasteiger partial charge in [0, 0.05) is 24.3 Å². The van der Waals surface area contributed by atoms with Gasteiger partial charge >= 0.3 is 0 Å². The molecule has 2 aliphatic rings. The van der Waals surface area contributed by atoms with Crippen molar-refractivity contribution < 1.29 is 14.0 Å². The van der Waals surface area contributed by atoms with Crippen LogP contribution in [0.25, 0.3) is 10.1 Å². The molecule has 0 radical (unpaired) electrons. The minimum atomic E-state index is -0.287. The van der Waals surface area contributed by atoms with Crippen LogP contribution in [-0.2, 0) is 4.79 Å². The summed E-state index contributed by atoms with van der Waals surface area (Å²) in [7, 11) is 0. The molecule has 4 rings (SSSR count). The number of thiophene rings is 1. The van der Waals surface area contributed by atoms with Crippen LogP contribution < -0.4 is 10.6 Å². The average molecular weight is 389 g/mol. The van der Waals surface area contributed by atoms with Crippen molar-refractivity contribution >= 4 is 33.2 Å². The second kappa shape index (κ2) is 7.94. The SMILES string of the molecule is O=C(NCC1CCCN(C(=O)c2cc3cc(F)ccc3s2)C1)C1CCCN1. The lowest BCUT2D eigenvalue weighted by molar-refractivity contribution is -0.123. The highest BCUT2D eigenvalue weighted by molar-refractivity contribution is 7.20. The van der Waals surface area contributed by atoms with Gasteiger partial charge in [0.05, 0.1) is 10.9 Å². The number of nitrogens with one attached hydrogen (secondary N) is 2. The summed E-state index contributed by atoms with van der Waals surface area (Å²) < 4.78 is 14.3. The normalized spacial score (nSPS) is 22.9. The van der Waals surface area contributed by atoms with Crippen LogP contribution in [0.3, 0.4) is 0 Å². The third-order valence-corrected chi connectivity index (χ3v) is 6.54. The molecule has 0 saturated carbocycles. The number of halogens is 1. The number of hydrogen-bond acceptors (Lipinski definition) is 4. The number of likely N-dealkylation sites (tertiary alicyclic amines) is 1. The number of amides is 2. The molecule has 2 aromatic rings. The van der Waals surface area contributed by atoms with Crippen LogP contribution in [0.1, 0.15) is 35.4 Å². The number of benzene rings is 1. The topological polar surface area (TPSA) is 61.4 Å². The minimum absolute atomic E-state index is 0.00472. The van der Waals surface area contributed by atoms with Crippen LogP contribution in [0, 0.1) is 11.7 Å². The molecule has 1 aromatic heterocycles. The highest BCUT2D eigenvalue weighted by Gasteiger charge is 2.27. The first-order valence-electron chi connectivity index (χ1n) is 9.59. The van der Waals surface area contributed by atoms with E-state index in [1.165, 1.54) is 23.5 Å². The van der Waals surface area contributed by atoms with E-state index in [1.807, 2.05) is 4.90 Å². The molecule has 2 amide bonds. The third kappa shape index (κ3) is 4.14. The van der Waals surface area contributed by atoms with E-state index in [0.29, 0.717) is 18.0 Å². The molecular formula is C20H24FN3O2S. The highest BCUT2D eigenvalue weighted by atomic mass is 32.1. The lowest BCUT2D eigenvalue weighted by Gasteiger charge is -2.32. The fraction of sp³-hybridized carbons (Fsp3) is 0.500. The lowest BCUT2D eigenvalue weighted by Crippen LogP contribution is -2.46. The van der Waals surface area contributed by atoms with Gasteiger partial charge in [-0.1, -0.05) is 0 Å². The summed E-state index contributed by atoms with van der Waals surface area (Å²) in [5, 5.41) is 7.02. The van der Waals surface area contributed by atoms with E-state index in [0.717, 1.165) is 48.9 Å². The Morgan fingerprint density at radius 3 is 2.96 bits per heavy atom. The van der Waals surface area contributed by atoms with Gasteiger partial charge in [-0.25, -0.2) is 4.39 Å². The second-order valence-corrected chi connectivity index (χ2v) is 8.53. The van der Waals surface area contributed by atoms with E-state index in [9.17, 15) is 14.0 Å². The molecule has 0 spiro atoms. The Labute approximate surface area is 161 Å². The Kier molecular flexibility index (Phi) is 5.41. The number of carbonyl (C=O) groups is 2. The van der Waals surface area contributed by atoms with E-state index in [1.54, 1.807) is 12.1 Å². The van der Waals surface area contributed by atoms with Gasteiger partial charge in [0.15, 0.2) is 0 Å². The smallest absolute Gasteiger partial charge is 0.263 e. The van der Waals surface area contributed by atoms with Crippen LogP contribution in [0.15, 0.2) is 24.3 Å². The van der Waals surface area contributed by atoms with Gasteiger partial charge in [-0.2, -0.15) is 0 Å². The Morgan fingerprint density at radius 1 is 1.26 bits per heavy atom. The number of rotatable bonds is 4. The van der Waals surface area contributed by atoms with Gasteiger partial charge in [-0.15, -0.1) is 11.3 Å². The van der Waals surface area contributed by atoms with Crippen molar-refractivity contribution in [3.8, 4) is 0 Å². The van der Waals surface area contributed by atoms with E-state index in [4.69, 9.17) is 0 Å². The van der Waals surface area contributed by atoms with E-state index in [-0.39, 0.29) is 29.6 Å². The quantitative estimate of drug-likeness (QED) is 0.845. The van der Waals surface area contributed by atoms with Crippen molar-refractivity contribution in [2.24, 2.45) is 5.92 Å². The zero-order valence-corrected chi connectivity index (χ0v) is 16.0. The van der Waals surface area contributed by atoms with Crippen LogP contribution in [0.5, 0.6) is 0 Å². The van der Waals surface area contributed by atoms with Gasteiger partial charge in [-0.3, -0.25) is 9.59 Å². The summed E-state index contributed by atoms with van der Waals surface area (Å²) in [6.45, 7) is 2.90. The van der Waals surface area contributed by atoms with E-state index in [2.05, 4.69) is 10.6 Å². The van der Waals surface area contributed by atoms with Gasteiger partial charge in [-0.05, 0) is 67.8 Å². The monoisotopic (exact) mass is 389 g/mol. The van der Waals surface area contributed by atoms with Gasteiger partial charge in [0.25, 0.3) is 5.91 Å². The van der Waals surface area contributed by atoms with E-state index < -0.39 is 0 Å². The van der Waals surface area contributed by atoms with Gasteiger partial charge < -0.3 is 15.5 Å². The first-order chi connectivity index (χ1) is 13.1. The molecule has 2 fully saturated rings. The molecule has 0 bridgehead atoms. The second-order valence-electron chi connectivity index (χ2n) is 7.45. The maximum atomic E-state index is 13.4. The fourth-order valence-corrected chi connectivity index (χ4v) is 4.98. The third-order valence-electron chi connectivity index (χ3n) is 5.44. The predicted molar refractivity (Wildman–Crippen MR) is 104 cm³/mol. The summed E-state index contributed by atoms with van der Waals surface area (Å²) in [4.78, 5) is 27.6. The predicted octanol–water partition coefficient (Wildman–Crippen LogP) is 2.76. The maximum absolute atomic E-state index is 13.4. The first-order valence-corrected chi connectivity index (χ1v) is 10.4. The minimum Gasteiger partial charge on any atom is -0.354 e. The standard InChI is InChI=1S/C20H24FN3O2S/c21-15-5-6-17-14(9-15)10-18(27-17)20(26)24-8-2-3-13(12-24)11-23-19(25)16-4-1-7-22-16/h5-6,9-10,13,16,22H,1-4,7-8,11-12H2,(H,23,25). The average Bonchev–Trinajstić information content (AvgIpc) is 3.35. The molecule has 3 heterocycles. The summed E-state index contributed by atoms with van der Waals surface area (Å²) in [5.74, 6) is 0.0669. The number of fused-ring (bicyclic) bond motifs is 1. The zero-order chi connectivity index (χ0) is 18.8. The maximum Gasteiger partial charge on any atom is 0.263 e. The first kappa shape index (κ1) is 18.4. The summed E-state index contributed by atoms with van der Waals surface area (Å²) in [5.41, 5.74) is 0. The summed E-state index contributed by atoms with van der Waals surface area (Å²) in [6, 6.07) is 6.32. The molecule has 1 aromatic carbocycles. The highest BCUT2D eigenvalue weighted by Crippen LogP contribution is 2.28. The molecule has 2 N–H and O–H groups in total. The molecule has 2 unspecified atom stereocenters. The Bertz CT molecular complexity index is 847. The molecule has 27 heavy (non-hydrogen) atoms. The molecule has 2 atom stereocenters. The molecule has 5 nitrogen and oxygen atoms in total. The van der Waals surface area contributed by atoms with Crippen LogP contribution in [0.4, 0.5) is 4.39 Å². The molecule has 2 saturated heterocycles. The number of hydrogen-bond donors (Lipinski definition) is 2. The molecule has 2 aliphatic heterocycles. The van der Waals surface area contributed by atoms with Crippen molar-refractivity contribution in [3.05, 3.63) is 35.0 Å². The molecule has 144 valence electrons. The van der Waals surface area contributed by atoms with E-state index >= 15 is 0 Å². The number of nitrogens with zero attached hydrogens (tertiary/aromatic N) is 1. The molecule has 0 aliphatic carbocycles. The van der Waals surface area contributed by atoms with Crippen molar-refractivity contribution in [1.29, 1.82) is 0 Å². The van der Waals surface area contributed by atoms with Crippen molar-refractivity contribution in [2.75, 3.05) is 26.2 Å². The summed E-state index contributed by atoms with van der Waals surface area (Å²) in [6.07, 6.45) is 3.89. The van der Waals surface area contributed by atoms with Crippen molar-refractivity contribution in [2.45, 2.75) is 31.7 Å². The van der Waals surface area contributed by atoms with Crippen LogP contribution in [0.2, 0.25) is 0 Å².